The lowest BCUT2D eigenvalue weighted by molar-refractivity contribution is 0.0653. The first-order chi connectivity index (χ1) is 7.25. The van der Waals surface area contributed by atoms with E-state index >= 15 is 0 Å². The highest BCUT2D eigenvalue weighted by Crippen LogP contribution is 2.12. The fraction of sp³-hybridized carbons (Fsp3) is 0.600. The van der Waals surface area contributed by atoms with Crippen LogP contribution in [0, 0.1) is 0 Å². The Morgan fingerprint density at radius 3 is 2.80 bits per heavy atom. The molecule has 82 valence electrons. The quantitative estimate of drug-likeness (QED) is 0.815. The molecule has 1 fully saturated rings. The molecular formula is C10H14N2O3. The summed E-state index contributed by atoms with van der Waals surface area (Å²) in [5, 5.41) is 8.63. The second-order valence-electron chi connectivity index (χ2n) is 3.79. The van der Waals surface area contributed by atoms with Crippen LogP contribution in [0.2, 0.25) is 0 Å². The summed E-state index contributed by atoms with van der Waals surface area (Å²) in [4.78, 5) is 16.7. The minimum atomic E-state index is -1.11. The topological polar surface area (TPSA) is 66.6 Å². The number of rotatable bonds is 3. The summed E-state index contributed by atoms with van der Waals surface area (Å²) < 4.78 is 4.83. The SMILES string of the molecule is O=C(O)c1nc(CN2CCCCC2)co1. The number of aromatic carboxylic acids is 1. The van der Waals surface area contributed by atoms with Crippen LogP contribution in [0.5, 0.6) is 0 Å². The number of carboxylic acids is 1. The van der Waals surface area contributed by atoms with Gasteiger partial charge in [-0.2, -0.15) is 0 Å². The third-order valence-corrected chi connectivity index (χ3v) is 2.57. The number of likely N-dealkylation sites (tertiary alicyclic amines) is 1. The molecule has 0 atom stereocenters. The normalized spacial score (nSPS) is 17.9. The van der Waals surface area contributed by atoms with Gasteiger partial charge in [0, 0.05) is 6.54 Å². The van der Waals surface area contributed by atoms with E-state index in [-0.39, 0.29) is 5.89 Å². The lowest BCUT2D eigenvalue weighted by Crippen LogP contribution is -2.29. The van der Waals surface area contributed by atoms with Crippen molar-refractivity contribution in [1.29, 1.82) is 0 Å². The summed E-state index contributed by atoms with van der Waals surface area (Å²) >= 11 is 0. The van der Waals surface area contributed by atoms with Crippen molar-refractivity contribution in [2.24, 2.45) is 0 Å². The van der Waals surface area contributed by atoms with E-state index in [9.17, 15) is 4.79 Å². The molecule has 0 radical (unpaired) electrons. The molecule has 0 aliphatic carbocycles. The zero-order valence-electron chi connectivity index (χ0n) is 8.48. The molecule has 5 nitrogen and oxygen atoms in total. The van der Waals surface area contributed by atoms with Gasteiger partial charge >= 0.3 is 11.9 Å². The average molecular weight is 210 g/mol. The molecule has 0 amide bonds. The van der Waals surface area contributed by atoms with Crippen LogP contribution in [0.15, 0.2) is 10.7 Å². The molecule has 5 heteroatoms. The first-order valence-corrected chi connectivity index (χ1v) is 5.16. The van der Waals surface area contributed by atoms with E-state index < -0.39 is 5.97 Å². The summed E-state index contributed by atoms with van der Waals surface area (Å²) in [6, 6.07) is 0. The number of piperidine rings is 1. The number of hydrogen-bond donors (Lipinski definition) is 1. The van der Waals surface area contributed by atoms with Crippen molar-refractivity contribution < 1.29 is 14.3 Å². The largest absolute Gasteiger partial charge is 0.474 e. The Bertz CT molecular complexity index is 342. The van der Waals surface area contributed by atoms with Crippen molar-refractivity contribution in [3.63, 3.8) is 0 Å². The molecule has 0 unspecified atom stereocenters. The van der Waals surface area contributed by atoms with Gasteiger partial charge in [-0.25, -0.2) is 9.78 Å². The fourth-order valence-corrected chi connectivity index (χ4v) is 1.82. The Kier molecular flexibility index (Phi) is 3.01. The van der Waals surface area contributed by atoms with Crippen molar-refractivity contribution in [2.75, 3.05) is 13.1 Å². The van der Waals surface area contributed by atoms with E-state index in [0.717, 1.165) is 13.1 Å². The molecule has 1 aliphatic rings. The molecule has 0 saturated carbocycles. The molecule has 0 spiro atoms. The number of oxazole rings is 1. The summed E-state index contributed by atoms with van der Waals surface area (Å²) in [5.74, 6) is -1.33. The van der Waals surface area contributed by atoms with Gasteiger partial charge in [0.15, 0.2) is 0 Å². The van der Waals surface area contributed by atoms with E-state index in [0.29, 0.717) is 12.2 Å². The first kappa shape index (κ1) is 10.2. The molecule has 0 bridgehead atoms. The summed E-state index contributed by atoms with van der Waals surface area (Å²) in [6.45, 7) is 2.82. The van der Waals surface area contributed by atoms with Gasteiger partial charge in [-0.1, -0.05) is 6.42 Å². The number of nitrogens with zero attached hydrogens (tertiary/aromatic N) is 2. The van der Waals surface area contributed by atoms with Crippen LogP contribution in [0.3, 0.4) is 0 Å². The lowest BCUT2D eigenvalue weighted by atomic mass is 10.1. The standard InChI is InChI=1S/C10H14N2O3/c13-10(14)9-11-8(7-15-9)6-12-4-2-1-3-5-12/h7H,1-6H2,(H,13,14). The number of hydrogen-bond acceptors (Lipinski definition) is 4. The van der Waals surface area contributed by atoms with Crippen LogP contribution >= 0.6 is 0 Å². The van der Waals surface area contributed by atoms with E-state index in [1.54, 1.807) is 0 Å². The highest BCUT2D eigenvalue weighted by molar-refractivity contribution is 5.82. The Labute approximate surface area is 87.7 Å². The maximum atomic E-state index is 10.5. The fourth-order valence-electron chi connectivity index (χ4n) is 1.82. The average Bonchev–Trinajstić information content (AvgIpc) is 2.68. The van der Waals surface area contributed by atoms with E-state index in [4.69, 9.17) is 9.52 Å². The van der Waals surface area contributed by atoms with Crippen molar-refractivity contribution in [2.45, 2.75) is 25.8 Å². The van der Waals surface area contributed by atoms with Crippen LogP contribution < -0.4 is 0 Å². The van der Waals surface area contributed by atoms with Crippen LogP contribution in [0.25, 0.3) is 0 Å². The van der Waals surface area contributed by atoms with Gasteiger partial charge in [-0.05, 0) is 25.9 Å². The van der Waals surface area contributed by atoms with Gasteiger partial charge in [-0.15, -0.1) is 0 Å². The highest BCUT2D eigenvalue weighted by Gasteiger charge is 2.15. The van der Waals surface area contributed by atoms with E-state index in [2.05, 4.69) is 9.88 Å². The van der Waals surface area contributed by atoms with Crippen molar-refractivity contribution in [1.82, 2.24) is 9.88 Å². The molecule has 1 aromatic heterocycles. The second kappa shape index (κ2) is 4.44. The van der Waals surface area contributed by atoms with Crippen LogP contribution in [-0.4, -0.2) is 34.0 Å². The summed E-state index contributed by atoms with van der Waals surface area (Å²) in [6.07, 6.45) is 5.14. The van der Waals surface area contributed by atoms with Crippen molar-refractivity contribution in [3.8, 4) is 0 Å². The van der Waals surface area contributed by atoms with Crippen molar-refractivity contribution in [3.05, 3.63) is 17.8 Å². The maximum Gasteiger partial charge on any atom is 0.392 e. The molecule has 1 aliphatic heterocycles. The molecular weight excluding hydrogens is 196 g/mol. The Morgan fingerprint density at radius 1 is 1.47 bits per heavy atom. The van der Waals surface area contributed by atoms with Crippen LogP contribution in [-0.2, 0) is 6.54 Å². The summed E-state index contributed by atoms with van der Waals surface area (Å²) in [7, 11) is 0. The third-order valence-electron chi connectivity index (χ3n) is 2.57. The number of carboxylic acid groups (broad SMARTS) is 1. The second-order valence-corrected chi connectivity index (χ2v) is 3.79. The predicted octanol–water partition coefficient (Wildman–Crippen LogP) is 1.36. The monoisotopic (exact) mass is 210 g/mol. The van der Waals surface area contributed by atoms with Gasteiger partial charge in [0.2, 0.25) is 0 Å². The third kappa shape index (κ3) is 2.56. The molecule has 1 N–H and O–H groups in total. The smallest absolute Gasteiger partial charge is 0.392 e. The van der Waals surface area contributed by atoms with Crippen molar-refractivity contribution >= 4 is 5.97 Å². The molecule has 2 heterocycles. The summed E-state index contributed by atoms with van der Waals surface area (Å²) in [5.41, 5.74) is 0.703. The van der Waals surface area contributed by atoms with Crippen LogP contribution in [0.4, 0.5) is 0 Å². The molecule has 1 saturated heterocycles. The Morgan fingerprint density at radius 2 is 2.20 bits per heavy atom. The zero-order chi connectivity index (χ0) is 10.7. The Hall–Kier alpha value is -1.36. The Balaban J connectivity index is 1.94. The molecule has 1 aromatic rings. The zero-order valence-corrected chi connectivity index (χ0v) is 8.48. The highest BCUT2D eigenvalue weighted by atomic mass is 16.4. The molecule has 2 rings (SSSR count). The van der Waals surface area contributed by atoms with Gasteiger partial charge in [0.25, 0.3) is 0 Å². The first-order valence-electron chi connectivity index (χ1n) is 5.16. The van der Waals surface area contributed by atoms with Gasteiger partial charge in [-0.3, -0.25) is 4.90 Å². The van der Waals surface area contributed by atoms with Gasteiger partial charge < -0.3 is 9.52 Å². The molecule has 15 heavy (non-hydrogen) atoms. The van der Waals surface area contributed by atoms with Crippen LogP contribution in [0.1, 0.15) is 35.6 Å². The predicted molar refractivity (Wildman–Crippen MR) is 52.6 cm³/mol. The lowest BCUT2D eigenvalue weighted by Gasteiger charge is -2.25. The van der Waals surface area contributed by atoms with E-state index in [1.807, 2.05) is 0 Å². The minimum absolute atomic E-state index is 0.220. The minimum Gasteiger partial charge on any atom is -0.474 e. The van der Waals surface area contributed by atoms with E-state index in [1.165, 1.54) is 25.5 Å². The molecule has 0 aromatic carbocycles. The maximum absolute atomic E-state index is 10.5. The number of carbonyl (C=O) groups is 1. The van der Waals surface area contributed by atoms with Gasteiger partial charge in [0.1, 0.15) is 6.26 Å². The van der Waals surface area contributed by atoms with Gasteiger partial charge in [0.05, 0.1) is 5.69 Å². The number of aromatic nitrogens is 1.